The number of carbonyl (C=O) groups is 1. The molecule has 6 nitrogen and oxygen atoms in total. The average molecular weight is 349 g/mol. The van der Waals surface area contributed by atoms with Crippen LogP contribution in [0.3, 0.4) is 0 Å². The number of fused-ring (bicyclic) bond motifs is 1. The van der Waals surface area contributed by atoms with E-state index in [9.17, 15) is 14.4 Å². The van der Waals surface area contributed by atoms with Gasteiger partial charge in [0.1, 0.15) is 0 Å². The molecule has 0 atom stereocenters. The minimum Gasteiger partial charge on any atom is -0.352 e. The molecule has 0 bridgehead atoms. The first-order chi connectivity index (χ1) is 12.6. The highest BCUT2D eigenvalue weighted by Crippen LogP contribution is 2.09. The summed E-state index contributed by atoms with van der Waals surface area (Å²) in [7, 11) is 0. The van der Waals surface area contributed by atoms with E-state index in [1.165, 1.54) is 12.1 Å². The summed E-state index contributed by atoms with van der Waals surface area (Å²) in [6.07, 6.45) is 2.21. The van der Waals surface area contributed by atoms with Crippen molar-refractivity contribution in [1.82, 2.24) is 14.9 Å². The monoisotopic (exact) mass is 349 g/mol. The highest BCUT2D eigenvalue weighted by Gasteiger charge is 2.10. The molecule has 132 valence electrons. The first-order valence-electron chi connectivity index (χ1n) is 8.30. The van der Waals surface area contributed by atoms with Crippen molar-refractivity contribution in [2.75, 3.05) is 6.54 Å². The lowest BCUT2D eigenvalue weighted by atomic mass is 10.1. The van der Waals surface area contributed by atoms with E-state index in [0.717, 1.165) is 16.6 Å². The molecular formula is C20H19N3O3. The zero-order valence-electron chi connectivity index (χ0n) is 14.2. The van der Waals surface area contributed by atoms with Crippen molar-refractivity contribution in [3.8, 4) is 0 Å². The van der Waals surface area contributed by atoms with Gasteiger partial charge < -0.3 is 10.3 Å². The van der Waals surface area contributed by atoms with E-state index in [1.807, 2.05) is 30.3 Å². The van der Waals surface area contributed by atoms with Crippen molar-refractivity contribution in [2.45, 2.75) is 13.0 Å². The van der Waals surface area contributed by atoms with Crippen LogP contribution in [0, 0.1) is 0 Å². The second-order valence-corrected chi connectivity index (χ2v) is 5.89. The third kappa shape index (κ3) is 3.64. The van der Waals surface area contributed by atoms with E-state index < -0.39 is 11.2 Å². The predicted octanol–water partition coefficient (Wildman–Crippen LogP) is 1.85. The van der Waals surface area contributed by atoms with E-state index in [4.69, 9.17) is 0 Å². The molecule has 0 saturated carbocycles. The number of aromatic amines is 1. The summed E-state index contributed by atoms with van der Waals surface area (Å²) in [5.74, 6) is -0.251. The summed E-state index contributed by atoms with van der Waals surface area (Å²) in [6, 6.07) is 14.5. The van der Waals surface area contributed by atoms with Gasteiger partial charge in [0.15, 0.2) is 0 Å². The number of amides is 1. The Balaban J connectivity index is 1.79. The van der Waals surface area contributed by atoms with Gasteiger partial charge in [-0.25, -0.2) is 4.79 Å². The van der Waals surface area contributed by atoms with Crippen molar-refractivity contribution >= 4 is 16.8 Å². The lowest BCUT2D eigenvalue weighted by Crippen LogP contribution is -2.34. The molecule has 0 unspecified atom stereocenters. The van der Waals surface area contributed by atoms with Crippen LogP contribution >= 0.6 is 0 Å². The zero-order chi connectivity index (χ0) is 18.5. The summed E-state index contributed by atoms with van der Waals surface area (Å²) in [6.45, 7) is 4.17. The van der Waals surface area contributed by atoms with Crippen LogP contribution in [-0.4, -0.2) is 22.0 Å². The Morgan fingerprint density at radius 3 is 2.65 bits per heavy atom. The number of carbonyl (C=O) groups excluding carboxylic acids is 1. The Kier molecular flexibility index (Phi) is 5.12. The van der Waals surface area contributed by atoms with E-state index in [0.29, 0.717) is 23.0 Å². The molecule has 1 heterocycles. The number of nitrogens with one attached hydrogen (secondary N) is 2. The number of H-pyrrole nitrogens is 1. The molecular weight excluding hydrogens is 330 g/mol. The predicted molar refractivity (Wildman–Crippen MR) is 102 cm³/mol. The normalized spacial score (nSPS) is 10.6. The maximum absolute atomic E-state index is 12.3. The van der Waals surface area contributed by atoms with Gasteiger partial charge in [0.05, 0.1) is 10.9 Å². The summed E-state index contributed by atoms with van der Waals surface area (Å²) < 4.78 is 1.06. The topological polar surface area (TPSA) is 84.0 Å². The van der Waals surface area contributed by atoms with Gasteiger partial charge in [-0.05, 0) is 30.2 Å². The van der Waals surface area contributed by atoms with Gasteiger partial charge in [-0.15, -0.1) is 6.58 Å². The van der Waals surface area contributed by atoms with E-state index in [1.54, 1.807) is 12.1 Å². The number of allylic oxidation sites excluding steroid dienone is 1. The molecule has 0 radical (unpaired) electrons. The Hall–Kier alpha value is -3.41. The van der Waals surface area contributed by atoms with Crippen molar-refractivity contribution in [3.63, 3.8) is 0 Å². The summed E-state index contributed by atoms with van der Waals surface area (Å²) in [5.41, 5.74) is 0.945. The number of benzene rings is 2. The SMILES string of the molecule is C=CCn1c(=O)[nH]c2cc(C(=O)NCCc3ccccc3)ccc2c1=O. The second kappa shape index (κ2) is 7.65. The Labute approximate surface area is 149 Å². The number of hydrogen-bond acceptors (Lipinski definition) is 3. The third-order valence-corrected chi connectivity index (χ3v) is 4.10. The van der Waals surface area contributed by atoms with Gasteiger partial charge in [0.2, 0.25) is 0 Å². The molecule has 2 aromatic carbocycles. The molecule has 0 spiro atoms. The minimum absolute atomic E-state index is 0.131. The molecule has 3 aromatic rings. The Morgan fingerprint density at radius 2 is 1.92 bits per heavy atom. The Bertz CT molecular complexity index is 1070. The van der Waals surface area contributed by atoms with E-state index in [2.05, 4.69) is 16.9 Å². The van der Waals surface area contributed by atoms with Crippen LogP contribution in [0.2, 0.25) is 0 Å². The molecule has 26 heavy (non-hydrogen) atoms. The molecule has 3 rings (SSSR count). The maximum atomic E-state index is 12.3. The van der Waals surface area contributed by atoms with Crippen molar-refractivity contribution in [2.24, 2.45) is 0 Å². The van der Waals surface area contributed by atoms with Gasteiger partial charge >= 0.3 is 5.69 Å². The lowest BCUT2D eigenvalue weighted by Gasteiger charge is -2.07. The minimum atomic E-state index is -0.524. The third-order valence-electron chi connectivity index (χ3n) is 4.10. The zero-order valence-corrected chi connectivity index (χ0v) is 14.2. The summed E-state index contributed by atoms with van der Waals surface area (Å²) in [5, 5.41) is 3.20. The maximum Gasteiger partial charge on any atom is 0.329 e. The van der Waals surface area contributed by atoms with E-state index in [-0.39, 0.29) is 12.5 Å². The molecule has 1 amide bonds. The van der Waals surface area contributed by atoms with Crippen molar-refractivity contribution in [1.29, 1.82) is 0 Å². The molecule has 0 saturated heterocycles. The summed E-state index contributed by atoms with van der Waals surface area (Å²) >= 11 is 0. The molecule has 0 aliphatic rings. The molecule has 0 fully saturated rings. The van der Waals surface area contributed by atoms with E-state index >= 15 is 0 Å². The fourth-order valence-corrected chi connectivity index (χ4v) is 2.76. The van der Waals surface area contributed by atoms with Crippen LogP contribution in [0.4, 0.5) is 0 Å². The van der Waals surface area contributed by atoms with Gasteiger partial charge in [-0.1, -0.05) is 36.4 Å². The highest BCUT2D eigenvalue weighted by atomic mass is 16.2. The first kappa shape index (κ1) is 17.4. The van der Waals surface area contributed by atoms with Gasteiger partial charge in [-0.3, -0.25) is 14.2 Å². The van der Waals surface area contributed by atoms with Gasteiger partial charge in [0, 0.05) is 18.7 Å². The molecule has 1 aromatic heterocycles. The van der Waals surface area contributed by atoms with Crippen LogP contribution in [0.15, 0.2) is 70.8 Å². The van der Waals surface area contributed by atoms with Crippen molar-refractivity contribution in [3.05, 3.63) is 93.2 Å². The molecule has 2 N–H and O–H groups in total. The van der Waals surface area contributed by atoms with Crippen LogP contribution < -0.4 is 16.6 Å². The van der Waals surface area contributed by atoms with Crippen LogP contribution in [0.5, 0.6) is 0 Å². The molecule has 0 aliphatic carbocycles. The van der Waals surface area contributed by atoms with Gasteiger partial charge in [0.25, 0.3) is 11.5 Å². The molecule has 6 heteroatoms. The average Bonchev–Trinajstić information content (AvgIpc) is 2.65. The smallest absolute Gasteiger partial charge is 0.329 e. The number of rotatable bonds is 6. The standard InChI is InChI=1S/C20H19N3O3/c1-2-12-23-19(25)16-9-8-15(13-17(16)22-20(23)26)18(24)21-11-10-14-6-4-3-5-7-14/h2-9,13H,1,10-12H2,(H,21,24)(H,22,26). The highest BCUT2D eigenvalue weighted by molar-refractivity contribution is 5.97. The Morgan fingerprint density at radius 1 is 1.15 bits per heavy atom. The summed E-state index contributed by atoms with van der Waals surface area (Å²) in [4.78, 5) is 39.3. The number of nitrogens with zero attached hydrogens (tertiary/aromatic N) is 1. The van der Waals surface area contributed by atoms with Crippen LogP contribution in [0.25, 0.3) is 10.9 Å². The number of hydrogen-bond donors (Lipinski definition) is 2. The quantitative estimate of drug-likeness (QED) is 0.666. The second-order valence-electron chi connectivity index (χ2n) is 5.89. The number of aromatic nitrogens is 2. The first-order valence-corrected chi connectivity index (χ1v) is 8.30. The van der Waals surface area contributed by atoms with Crippen molar-refractivity contribution < 1.29 is 4.79 Å². The lowest BCUT2D eigenvalue weighted by molar-refractivity contribution is 0.0954. The van der Waals surface area contributed by atoms with Crippen LogP contribution in [0.1, 0.15) is 15.9 Å². The van der Waals surface area contributed by atoms with Crippen LogP contribution in [-0.2, 0) is 13.0 Å². The molecule has 0 aliphatic heterocycles. The fourth-order valence-electron chi connectivity index (χ4n) is 2.76. The largest absolute Gasteiger partial charge is 0.352 e. The van der Waals surface area contributed by atoms with Gasteiger partial charge in [-0.2, -0.15) is 0 Å². The fraction of sp³-hybridized carbons (Fsp3) is 0.150.